The minimum atomic E-state index is 0. The summed E-state index contributed by atoms with van der Waals surface area (Å²) in [4.78, 5) is 4.64. The largest absolute Gasteiger partial charge is 0.497 e. The fourth-order valence-corrected chi connectivity index (χ4v) is 2.40. The monoisotopic (exact) mass is 469 g/mol. The Morgan fingerprint density at radius 3 is 2.31 bits per heavy atom. The number of nitrogens with zero attached hydrogens (tertiary/aromatic N) is 1. The predicted octanol–water partition coefficient (Wildman–Crippen LogP) is 3.62. The van der Waals surface area contributed by atoms with Crippen LogP contribution in [0.15, 0.2) is 53.5 Å². The maximum atomic E-state index is 5.25. The summed E-state index contributed by atoms with van der Waals surface area (Å²) in [6.07, 6.45) is 0.924. The molecule has 0 aliphatic rings. The molecular weight excluding hydrogens is 441 g/mol. The number of ether oxygens (including phenoxy) is 2. The minimum Gasteiger partial charge on any atom is -0.497 e. The molecule has 0 atom stereocenters. The van der Waals surface area contributed by atoms with Crippen molar-refractivity contribution < 1.29 is 9.47 Å². The molecule has 0 unspecified atom stereocenters. The predicted molar refractivity (Wildman–Crippen MR) is 118 cm³/mol. The molecule has 6 heteroatoms. The van der Waals surface area contributed by atoms with Gasteiger partial charge in [0.1, 0.15) is 11.5 Å². The molecule has 2 rings (SSSR count). The number of rotatable bonds is 8. The van der Waals surface area contributed by atoms with Crippen LogP contribution in [0.4, 0.5) is 0 Å². The summed E-state index contributed by atoms with van der Waals surface area (Å²) in [5.74, 6) is 2.55. The van der Waals surface area contributed by atoms with Crippen molar-refractivity contribution in [1.82, 2.24) is 10.6 Å². The fourth-order valence-electron chi connectivity index (χ4n) is 2.40. The van der Waals surface area contributed by atoms with Crippen molar-refractivity contribution in [1.29, 1.82) is 0 Å². The van der Waals surface area contributed by atoms with Crippen LogP contribution < -0.4 is 20.1 Å². The number of hydrogen-bond acceptors (Lipinski definition) is 3. The normalized spacial score (nSPS) is 10.7. The molecule has 0 aliphatic carbocycles. The molecule has 26 heavy (non-hydrogen) atoms. The molecule has 0 amide bonds. The molecule has 0 spiro atoms. The van der Waals surface area contributed by atoms with Crippen LogP contribution in [0.1, 0.15) is 18.1 Å². The first-order valence-corrected chi connectivity index (χ1v) is 8.53. The van der Waals surface area contributed by atoms with Crippen LogP contribution in [0.2, 0.25) is 0 Å². The van der Waals surface area contributed by atoms with Gasteiger partial charge >= 0.3 is 0 Å². The topological polar surface area (TPSA) is 54.9 Å². The van der Waals surface area contributed by atoms with Gasteiger partial charge in [0.25, 0.3) is 0 Å². The van der Waals surface area contributed by atoms with Crippen LogP contribution in [-0.2, 0) is 13.0 Å². The van der Waals surface area contributed by atoms with Crippen molar-refractivity contribution in [2.24, 2.45) is 4.99 Å². The summed E-state index contributed by atoms with van der Waals surface area (Å²) in [6, 6.07) is 16.1. The molecule has 0 radical (unpaired) electrons. The zero-order chi connectivity index (χ0) is 17.9. The van der Waals surface area contributed by atoms with Gasteiger partial charge in [0, 0.05) is 13.1 Å². The quantitative estimate of drug-likeness (QED) is 0.353. The number of hydrogen-bond donors (Lipinski definition) is 2. The van der Waals surface area contributed by atoms with E-state index in [1.807, 2.05) is 36.4 Å². The van der Waals surface area contributed by atoms with Crippen LogP contribution in [-0.4, -0.2) is 33.3 Å². The summed E-state index contributed by atoms with van der Waals surface area (Å²) in [6.45, 7) is 4.31. The van der Waals surface area contributed by atoms with Gasteiger partial charge in [-0.05, 0) is 48.7 Å². The second-order valence-electron chi connectivity index (χ2n) is 5.57. The van der Waals surface area contributed by atoms with Gasteiger partial charge in [0.15, 0.2) is 5.96 Å². The Kier molecular flexibility index (Phi) is 10.5. The Balaban J connectivity index is 0.00000338. The highest BCUT2D eigenvalue weighted by atomic mass is 127. The van der Waals surface area contributed by atoms with Gasteiger partial charge in [-0.25, -0.2) is 4.99 Å². The molecule has 0 heterocycles. The van der Waals surface area contributed by atoms with Gasteiger partial charge < -0.3 is 20.1 Å². The van der Waals surface area contributed by atoms with E-state index in [4.69, 9.17) is 9.47 Å². The van der Waals surface area contributed by atoms with Crippen LogP contribution in [0, 0.1) is 0 Å². The molecule has 0 saturated carbocycles. The lowest BCUT2D eigenvalue weighted by Gasteiger charge is -2.12. The number of guanidine groups is 1. The first-order chi connectivity index (χ1) is 12.2. The average molecular weight is 469 g/mol. The van der Waals surface area contributed by atoms with E-state index in [0.717, 1.165) is 42.5 Å². The summed E-state index contributed by atoms with van der Waals surface area (Å²) >= 11 is 0. The second-order valence-corrected chi connectivity index (χ2v) is 5.57. The van der Waals surface area contributed by atoms with E-state index >= 15 is 0 Å². The average Bonchev–Trinajstić information content (AvgIpc) is 2.66. The SMILES string of the molecule is CCNC(=NCc1cccc(OC)c1)NCCc1ccc(OC)cc1.I. The van der Waals surface area contributed by atoms with E-state index in [1.54, 1.807) is 14.2 Å². The van der Waals surface area contributed by atoms with E-state index in [9.17, 15) is 0 Å². The van der Waals surface area contributed by atoms with Crippen molar-refractivity contribution in [3.8, 4) is 11.5 Å². The Morgan fingerprint density at radius 2 is 1.65 bits per heavy atom. The van der Waals surface area contributed by atoms with E-state index in [1.165, 1.54) is 5.56 Å². The van der Waals surface area contributed by atoms with Crippen LogP contribution in [0.5, 0.6) is 11.5 Å². The number of methoxy groups -OCH3 is 2. The third kappa shape index (κ3) is 7.51. The van der Waals surface area contributed by atoms with Crippen molar-refractivity contribution in [2.75, 3.05) is 27.3 Å². The molecular formula is C20H28IN3O2. The van der Waals surface area contributed by atoms with Gasteiger partial charge in [0.2, 0.25) is 0 Å². The van der Waals surface area contributed by atoms with Gasteiger partial charge in [-0.3, -0.25) is 0 Å². The van der Waals surface area contributed by atoms with E-state index in [2.05, 4.69) is 34.7 Å². The Hall–Kier alpha value is -1.96. The third-order valence-electron chi connectivity index (χ3n) is 3.76. The second kappa shape index (κ2) is 12.4. The maximum Gasteiger partial charge on any atom is 0.191 e. The zero-order valence-corrected chi connectivity index (χ0v) is 17.9. The molecule has 0 aliphatic heterocycles. The zero-order valence-electron chi connectivity index (χ0n) is 15.6. The lowest BCUT2D eigenvalue weighted by Crippen LogP contribution is -2.38. The van der Waals surface area contributed by atoms with Crippen molar-refractivity contribution >= 4 is 29.9 Å². The van der Waals surface area contributed by atoms with Crippen molar-refractivity contribution in [3.05, 3.63) is 59.7 Å². The number of aliphatic imine (C=N–C) groups is 1. The summed E-state index contributed by atoms with van der Waals surface area (Å²) in [7, 11) is 3.35. The van der Waals surface area contributed by atoms with Crippen LogP contribution >= 0.6 is 24.0 Å². The Morgan fingerprint density at radius 1 is 0.923 bits per heavy atom. The molecule has 2 aromatic rings. The van der Waals surface area contributed by atoms with E-state index < -0.39 is 0 Å². The highest BCUT2D eigenvalue weighted by Gasteiger charge is 2.00. The van der Waals surface area contributed by atoms with Gasteiger partial charge in [-0.15, -0.1) is 24.0 Å². The molecule has 5 nitrogen and oxygen atoms in total. The Labute approximate surface area is 173 Å². The third-order valence-corrected chi connectivity index (χ3v) is 3.76. The maximum absolute atomic E-state index is 5.25. The van der Waals surface area contributed by atoms with Crippen LogP contribution in [0.3, 0.4) is 0 Å². The summed E-state index contributed by atoms with van der Waals surface area (Å²) in [5.41, 5.74) is 2.38. The van der Waals surface area contributed by atoms with Crippen molar-refractivity contribution in [3.63, 3.8) is 0 Å². The number of halogens is 1. The lowest BCUT2D eigenvalue weighted by molar-refractivity contribution is 0.414. The highest BCUT2D eigenvalue weighted by Crippen LogP contribution is 2.13. The first-order valence-electron chi connectivity index (χ1n) is 8.53. The lowest BCUT2D eigenvalue weighted by atomic mass is 10.1. The fraction of sp³-hybridized carbons (Fsp3) is 0.350. The van der Waals surface area contributed by atoms with E-state index in [-0.39, 0.29) is 24.0 Å². The molecule has 0 fully saturated rings. The van der Waals surface area contributed by atoms with Crippen LogP contribution in [0.25, 0.3) is 0 Å². The first kappa shape index (κ1) is 22.1. The van der Waals surface area contributed by atoms with Crippen molar-refractivity contribution in [2.45, 2.75) is 19.9 Å². The molecule has 2 aromatic carbocycles. The molecule has 142 valence electrons. The van der Waals surface area contributed by atoms with Gasteiger partial charge in [0.05, 0.1) is 20.8 Å². The summed E-state index contributed by atoms with van der Waals surface area (Å²) in [5, 5.41) is 6.65. The van der Waals surface area contributed by atoms with E-state index in [0.29, 0.717) is 6.54 Å². The summed E-state index contributed by atoms with van der Waals surface area (Å²) < 4.78 is 10.4. The van der Waals surface area contributed by atoms with Gasteiger partial charge in [-0.1, -0.05) is 24.3 Å². The molecule has 0 bridgehead atoms. The van der Waals surface area contributed by atoms with Gasteiger partial charge in [-0.2, -0.15) is 0 Å². The number of nitrogens with one attached hydrogen (secondary N) is 2. The Bertz CT molecular complexity index is 675. The molecule has 2 N–H and O–H groups in total. The minimum absolute atomic E-state index is 0. The number of benzene rings is 2. The standard InChI is InChI=1S/C20H27N3O2.HI/c1-4-21-20(23-15-17-6-5-7-19(14-17)25-3)22-13-12-16-8-10-18(24-2)11-9-16;/h5-11,14H,4,12-13,15H2,1-3H3,(H2,21,22,23);1H. The highest BCUT2D eigenvalue weighted by molar-refractivity contribution is 14.0. The molecule has 0 saturated heterocycles. The smallest absolute Gasteiger partial charge is 0.191 e. The molecule has 0 aromatic heterocycles.